The van der Waals surface area contributed by atoms with Crippen LogP contribution < -0.4 is 10.1 Å². The third-order valence-electron chi connectivity index (χ3n) is 3.29. The lowest BCUT2D eigenvalue weighted by Gasteiger charge is -2.15. The van der Waals surface area contributed by atoms with Crippen LogP contribution in [0.1, 0.15) is 26.2 Å². The molecule has 2 heteroatoms. The molecule has 0 aliphatic carbocycles. The molecule has 2 rings (SSSR count). The van der Waals surface area contributed by atoms with Crippen LogP contribution in [0.2, 0.25) is 0 Å². The number of hydrogen-bond acceptors (Lipinski definition) is 2. The first-order chi connectivity index (χ1) is 10.3. The second-order valence-electron chi connectivity index (χ2n) is 5.20. The molecule has 2 aromatic rings. The lowest BCUT2D eigenvalue weighted by Crippen LogP contribution is -2.14. The van der Waals surface area contributed by atoms with Crippen molar-refractivity contribution in [1.29, 1.82) is 0 Å². The minimum atomic E-state index is 0.464. The highest BCUT2D eigenvalue weighted by molar-refractivity contribution is 5.47. The van der Waals surface area contributed by atoms with Crippen LogP contribution >= 0.6 is 0 Å². The topological polar surface area (TPSA) is 21.3 Å². The molecule has 1 atom stereocenters. The number of para-hydroxylation sites is 1. The molecular weight excluding hydrogens is 258 g/mol. The molecule has 1 unspecified atom stereocenters. The zero-order chi connectivity index (χ0) is 14.9. The van der Waals surface area contributed by atoms with Crippen LogP contribution in [0.25, 0.3) is 0 Å². The van der Waals surface area contributed by atoms with Crippen LogP contribution in [0, 0.1) is 0 Å². The van der Waals surface area contributed by atoms with Crippen molar-refractivity contribution in [3.63, 3.8) is 0 Å². The Hall–Kier alpha value is -2.22. The van der Waals surface area contributed by atoms with Gasteiger partial charge in [0.05, 0.1) is 0 Å². The highest BCUT2D eigenvalue weighted by Gasteiger charge is 2.02. The van der Waals surface area contributed by atoms with Gasteiger partial charge in [0.1, 0.15) is 11.5 Å². The third kappa shape index (κ3) is 5.35. The van der Waals surface area contributed by atoms with Gasteiger partial charge in [-0.3, -0.25) is 0 Å². The minimum absolute atomic E-state index is 0.464. The van der Waals surface area contributed by atoms with E-state index in [0.717, 1.165) is 30.0 Å². The van der Waals surface area contributed by atoms with Gasteiger partial charge in [0.25, 0.3) is 0 Å². The van der Waals surface area contributed by atoms with E-state index in [1.807, 2.05) is 48.5 Å². The summed E-state index contributed by atoms with van der Waals surface area (Å²) in [5.74, 6) is 1.71. The van der Waals surface area contributed by atoms with Gasteiger partial charge >= 0.3 is 0 Å². The number of hydrogen-bond donors (Lipinski definition) is 1. The van der Waals surface area contributed by atoms with E-state index < -0.39 is 0 Å². The van der Waals surface area contributed by atoms with E-state index in [4.69, 9.17) is 4.74 Å². The van der Waals surface area contributed by atoms with Crippen LogP contribution in [0.15, 0.2) is 67.3 Å². The number of ether oxygens (including phenoxy) is 1. The van der Waals surface area contributed by atoms with E-state index in [2.05, 4.69) is 31.0 Å². The summed E-state index contributed by atoms with van der Waals surface area (Å²) in [4.78, 5) is 0. The predicted octanol–water partition coefficient (Wildman–Crippen LogP) is 5.64. The summed E-state index contributed by atoms with van der Waals surface area (Å²) >= 11 is 0. The van der Waals surface area contributed by atoms with E-state index in [1.54, 1.807) is 0 Å². The first-order valence-electron chi connectivity index (χ1n) is 7.48. The van der Waals surface area contributed by atoms with E-state index in [9.17, 15) is 0 Å². The number of rotatable bonds is 8. The molecule has 0 heterocycles. The Labute approximate surface area is 127 Å². The summed E-state index contributed by atoms with van der Waals surface area (Å²) in [6, 6.07) is 18.4. The Morgan fingerprint density at radius 1 is 1.05 bits per heavy atom. The quantitative estimate of drug-likeness (QED) is 0.499. The summed E-state index contributed by atoms with van der Waals surface area (Å²) in [5.41, 5.74) is 1.13. The molecule has 0 spiro atoms. The summed E-state index contributed by atoms with van der Waals surface area (Å²) in [6.07, 6.45) is 5.37. The fourth-order valence-electron chi connectivity index (χ4n) is 2.17. The Morgan fingerprint density at radius 2 is 1.71 bits per heavy atom. The van der Waals surface area contributed by atoms with Crippen LogP contribution in [-0.4, -0.2) is 6.04 Å². The molecule has 0 aliphatic rings. The van der Waals surface area contributed by atoms with Gasteiger partial charge in [0.15, 0.2) is 0 Å². The van der Waals surface area contributed by atoms with E-state index in [1.165, 1.54) is 6.42 Å². The molecule has 0 amide bonds. The maximum absolute atomic E-state index is 5.78. The zero-order valence-electron chi connectivity index (χ0n) is 12.6. The second kappa shape index (κ2) is 8.15. The van der Waals surface area contributed by atoms with Crippen molar-refractivity contribution in [1.82, 2.24) is 0 Å². The Morgan fingerprint density at radius 3 is 2.38 bits per heavy atom. The lowest BCUT2D eigenvalue weighted by molar-refractivity contribution is 0.483. The molecule has 2 aromatic carbocycles. The Balaban J connectivity index is 1.85. The van der Waals surface area contributed by atoms with Crippen molar-refractivity contribution in [2.75, 3.05) is 5.32 Å². The normalized spacial score (nSPS) is 11.7. The molecule has 0 saturated heterocycles. The number of nitrogens with one attached hydrogen (secondary N) is 1. The number of anilines is 1. The molecule has 0 aromatic heterocycles. The number of benzene rings is 2. The van der Waals surface area contributed by atoms with Gasteiger partial charge < -0.3 is 10.1 Å². The Bertz CT molecular complexity index is 533. The minimum Gasteiger partial charge on any atom is -0.457 e. The number of unbranched alkanes of at least 4 members (excludes halogenated alkanes) is 1. The molecule has 0 aliphatic heterocycles. The van der Waals surface area contributed by atoms with Crippen molar-refractivity contribution in [2.24, 2.45) is 0 Å². The average molecular weight is 281 g/mol. The van der Waals surface area contributed by atoms with Gasteiger partial charge in [-0.2, -0.15) is 0 Å². The zero-order valence-corrected chi connectivity index (χ0v) is 12.6. The molecule has 2 nitrogen and oxygen atoms in total. The van der Waals surface area contributed by atoms with Crippen molar-refractivity contribution in [2.45, 2.75) is 32.2 Å². The molecule has 110 valence electrons. The van der Waals surface area contributed by atoms with Gasteiger partial charge in [0.2, 0.25) is 0 Å². The highest BCUT2D eigenvalue weighted by Crippen LogP contribution is 2.23. The van der Waals surface area contributed by atoms with Gasteiger partial charge in [-0.05, 0) is 62.6 Å². The van der Waals surface area contributed by atoms with Crippen LogP contribution in [-0.2, 0) is 0 Å². The fourth-order valence-corrected chi connectivity index (χ4v) is 2.17. The second-order valence-corrected chi connectivity index (χ2v) is 5.20. The SMILES string of the molecule is C=CCCCC(C)Nc1ccc(Oc2ccccc2)cc1. The summed E-state index contributed by atoms with van der Waals surface area (Å²) in [7, 11) is 0. The lowest BCUT2D eigenvalue weighted by atomic mass is 10.1. The van der Waals surface area contributed by atoms with Crippen molar-refractivity contribution < 1.29 is 4.74 Å². The van der Waals surface area contributed by atoms with Crippen LogP contribution in [0.5, 0.6) is 11.5 Å². The van der Waals surface area contributed by atoms with Gasteiger partial charge in [-0.25, -0.2) is 0 Å². The van der Waals surface area contributed by atoms with E-state index in [0.29, 0.717) is 6.04 Å². The smallest absolute Gasteiger partial charge is 0.127 e. The maximum atomic E-state index is 5.78. The van der Waals surface area contributed by atoms with Crippen molar-refractivity contribution in [3.8, 4) is 11.5 Å². The van der Waals surface area contributed by atoms with Gasteiger partial charge in [-0.15, -0.1) is 6.58 Å². The van der Waals surface area contributed by atoms with Crippen molar-refractivity contribution >= 4 is 5.69 Å². The monoisotopic (exact) mass is 281 g/mol. The molecule has 0 radical (unpaired) electrons. The first-order valence-corrected chi connectivity index (χ1v) is 7.48. The summed E-state index contributed by atoms with van der Waals surface area (Å²) < 4.78 is 5.78. The Kier molecular flexibility index (Phi) is 5.89. The maximum Gasteiger partial charge on any atom is 0.127 e. The molecule has 0 fully saturated rings. The third-order valence-corrected chi connectivity index (χ3v) is 3.29. The highest BCUT2D eigenvalue weighted by atomic mass is 16.5. The molecular formula is C19H23NO. The standard InChI is InChI=1S/C19H23NO/c1-3-4-6-9-16(2)20-17-12-14-19(15-13-17)21-18-10-7-5-8-11-18/h3,5,7-8,10-16,20H,1,4,6,9H2,2H3. The molecule has 0 saturated carbocycles. The summed E-state index contributed by atoms with van der Waals surface area (Å²) in [5, 5.41) is 3.50. The van der Waals surface area contributed by atoms with Crippen LogP contribution in [0.3, 0.4) is 0 Å². The number of allylic oxidation sites excluding steroid dienone is 1. The average Bonchev–Trinajstić information content (AvgIpc) is 2.51. The largest absolute Gasteiger partial charge is 0.457 e. The summed E-state index contributed by atoms with van der Waals surface area (Å²) in [6.45, 7) is 5.96. The van der Waals surface area contributed by atoms with Crippen LogP contribution in [0.4, 0.5) is 5.69 Å². The first kappa shape index (κ1) is 15.2. The van der Waals surface area contributed by atoms with Crippen molar-refractivity contribution in [3.05, 3.63) is 67.3 Å². The molecule has 21 heavy (non-hydrogen) atoms. The van der Waals surface area contributed by atoms with E-state index >= 15 is 0 Å². The molecule has 0 bridgehead atoms. The van der Waals surface area contributed by atoms with E-state index in [-0.39, 0.29) is 0 Å². The molecule has 1 N–H and O–H groups in total. The van der Waals surface area contributed by atoms with Gasteiger partial charge in [0, 0.05) is 11.7 Å². The predicted molar refractivity (Wildman–Crippen MR) is 90.1 cm³/mol. The van der Waals surface area contributed by atoms with Gasteiger partial charge in [-0.1, -0.05) is 24.3 Å². The fraction of sp³-hybridized carbons (Fsp3) is 0.263.